The number of anilines is 1. The lowest BCUT2D eigenvalue weighted by molar-refractivity contribution is 0.253. The number of aliphatic hydroxyl groups excluding tert-OH is 1. The third-order valence-electron chi connectivity index (χ3n) is 4.61. The molecule has 2 aliphatic carbocycles. The molecule has 1 aromatic heterocycles. The molecule has 3 rings (SSSR count). The Morgan fingerprint density at radius 1 is 1.16 bits per heavy atom. The molecular formula is C15H23N3O. The van der Waals surface area contributed by atoms with E-state index in [9.17, 15) is 0 Å². The highest BCUT2D eigenvalue weighted by atomic mass is 16.3. The van der Waals surface area contributed by atoms with Gasteiger partial charge < -0.3 is 10.4 Å². The Morgan fingerprint density at radius 2 is 2.00 bits per heavy atom. The topological polar surface area (TPSA) is 58.0 Å². The summed E-state index contributed by atoms with van der Waals surface area (Å²) in [5.41, 5.74) is 2.90. The lowest BCUT2D eigenvalue weighted by Gasteiger charge is -2.17. The number of aliphatic hydroxyl groups is 1. The van der Waals surface area contributed by atoms with Gasteiger partial charge in [0.05, 0.1) is 0 Å². The highest BCUT2D eigenvalue weighted by Crippen LogP contribution is 2.48. The van der Waals surface area contributed by atoms with Crippen LogP contribution in [0.5, 0.6) is 0 Å². The summed E-state index contributed by atoms with van der Waals surface area (Å²) in [6.45, 7) is 1.24. The van der Waals surface area contributed by atoms with Gasteiger partial charge in [-0.3, -0.25) is 0 Å². The molecule has 2 N–H and O–H groups in total. The molecular weight excluding hydrogens is 238 g/mol. The number of hydrogen-bond donors (Lipinski definition) is 2. The van der Waals surface area contributed by atoms with Crippen molar-refractivity contribution in [3.05, 3.63) is 17.6 Å². The number of hydrogen-bond acceptors (Lipinski definition) is 4. The van der Waals surface area contributed by atoms with Gasteiger partial charge in [-0.05, 0) is 50.4 Å². The average molecular weight is 261 g/mol. The zero-order chi connectivity index (χ0) is 13.1. The Labute approximate surface area is 114 Å². The second-order valence-electron chi connectivity index (χ2n) is 6.04. The van der Waals surface area contributed by atoms with E-state index >= 15 is 0 Å². The first kappa shape index (κ1) is 12.9. The van der Waals surface area contributed by atoms with Crippen molar-refractivity contribution in [2.45, 2.75) is 51.4 Å². The summed E-state index contributed by atoms with van der Waals surface area (Å²) < 4.78 is 0. The molecule has 0 saturated heterocycles. The number of rotatable bonds is 5. The van der Waals surface area contributed by atoms with Crippen molar-refractivity contribution < 1.29 is 5.11 Å². The van der Waals surface area contributed by atoms with Crippen molar-refractivity contribution in [1.29, 1.82) is 0 Å². The van der Waals surface area contributed by atoms with Gasteiger partial charge in [0.1, 0.15) is 12.1 Å². The normalized spacial score (nSPS) is 20.5. The van der Waals surface area contributed by atoms with E-state index in [4.69, 9.17) is 5.11 Å². The van der Waals surface area contributed by atoms with Crippen molar-refractivity contribution in [3.8, 4) is 0 Å². The fraction of sp³-hybridized carbons (Fsp3) is 0.733. The second-order valence-corrected chi connectivity index (χ2v) is 6.04. The monoisotopic (exact) mass is 261 g/mol. The fourth-order valence-electron chi connectivity index (χ4n) is 3.05. The van der Waals surface area contributed by atoms with Crippen LogP contribution in [-0.4, -0.2) is 28.2 Å². The molecule has 0 unspecified atom stereocenters. The van der Waals surface area contributed by atoms with Gasteiger partial charge in [0.15, 0.2) is 0 Å². The van der Waals surface area contributed by atoms with Crippen LogP contribution in [0.1, 0.15) is 49.8 Å². The standard InChI is InChI=1S/C15H23N3O/c19-9-8-15(6-7-15)10-16-14-12-4-2-1-3-5-13(12)17-11-18-14/h11,19H,1-10H2,(H,16,17,18). The first-order valence-corrected chi connectivity index (χ1v) is 7.50. The van der Waals surface area contributed by atoms with Crippen molar-refractivity contribution in [2.75, 3.05) is 18.5 Å². The van der Waals surface area contributed by atoms with E-state index in [2.05, 4.69) is 15.3 Å². The Balaban J connectivity index is 1.71. The summed E-state index contributed by atoms with van der Waals surface area (Å²) in [7, 11) is 0. The van der Waals surface area contributed by atoms with Gasteiger partial charge in [0.2, 0.25) is 0 Å². The highest BCUT2D eigenvalue weighted by Gasteiger charge is 2.41. The second kappa shape index (κ2) is 5.45. The SMILES string of the molecule is OCCC1(CNc2ncnc3c2CCCCC3)CC1. The molecule has 1 heterocycles. The highest BCUT2D eigenvalue weighted by molar-refractivity contribution is 5.47. The maximum atomic E-state index is 9.11. The molecule has 0 bridgehead atoms. The lowest BCUT2D eigenvalue weighted by Crippen LogP contribution is -2.19. The molecule has 2 aliphatic rings. The van der Waals surface area contributed by atoms with Crippen molar-refractivity contribution in [3.63, 3.8) is 0 Å². The van der Waals surface area contributed by atoms with Crippen LogP contribution in [0.25, 0.3) is 0 Å². The van der Waals surface area contributed by atoms with E-state index in [0.29, 0.717) is 12.0 Å². The van der Waals surface area contributed by atoms with Gasteiger partial charge in [-0.15, -0.1) is 0 Å². The van der Waals surface area contributed by atoms with Crippen molar-refractivity contribution in [2.24, 2.45) is 5.41 Å². The van der Waals surface area contributed by atoms with E-state index in [1.807, 2.05) is 0 Å². The Bertz CT molecular complexity index is 443. The van der Waals surface area contributed by atoms with Crippen LogP contribution in [0.3, 0.4) is 0 Å². The van der Waals surface area contributed by atoms with Gasteiger partial charge in [0.25, 0.3) is 0 Å². The smallest absolute Gasteiger partial charge is 0.132 e. The average Bonchev–Trinajstić information content (AvgIpc) is 3.20. The lowest BCUT2D eigenvalue weighted by atomic mass is 10.0. The fourth-order valence-corrected chi connectivity index (χ4v) is 3.05. The first-order chi connectivity index (χ1) is 9.33. The van der Waals surface area contributed by atoms with Crippen LogP contribution >= 0.6 is 0 Å². The minimum atomic E-state index is 0.295. The summed E-state index contributed by atoms with van der Waals surface area (Å²) in [6.07, 6.45) is 11.0. The predicted octanol–water partition coefficient (Wildman–Crippen LogP) is 2.32. The largest absolute Gasteiger partial charge is 0.396 e. The molecule has 1 fully saturated rings. The minimum Gasteiger partial charge on any atom is -0.396 e. The predicted molar refractivity (Wildman–Crippen MR) is 75.2 cm³/mol. The zero-order valence-corrected chi connectivity index (χ0v) is 11.5. The summed E-state index contributed by atoms with van der Waals surface area (Å²) in [5, 5.41) is 12.6. The van der Waals surface area contributed by atoms with E-state index in [-0.39, 0.29) is 0 Å². The number of aryl methyl sites for hydroxylation is 1. The van der Waals surface area contributed by atoms with Gasteiger partial charge >= 0.3 is 0 Å². The maximum absolute atomic E-state index is 9.11. The third-order valence-corrected chi connectivity index (χ3v) is 4.61. The van der Waals surface area contributed by atoms with E-state index in [1.54, 1.807) is 6.33 Å². The number of aromatic nitrogens is 2. The van der Waals surface area contributed by atoms with Crippen LogP contribution in [0.2, 0.25) is 0 Å². The van der Waals surface area contributed by atoms with E-state index < -0.39 is 0 Å². The number of nitrogens with one attached hydrogen (secondary N) is 1. The molecule has 0 spiro atoms. The maximum Gasteiger partial charge on any atom is 0.132 e. The summed E-state index contributed by atoms with van der Waals surface area (Å²) in [4.78, 5) is 8.89. The summed E-state index contributed by atoms with van der Waals surface area (Å²) >= 11 is 0. The van der Waals surface area contributed by atoms with Gasteiger partial charge in [0, 0.05) is 24.4 Å². The van der Waals surface area contributed by atoms with E-state index in [0.717, 1.165) is 31.6 Å². The Kier molecular flexibility index (Phi) is 3.69. The summed E-state index contributed by atoms with van der Waals surface area (Å²) in [6, 6.07) is 0. The van der Waals surface area contributed by atoms with Crippen LogP contribution in [0.15, 0.2) is 6.33 Å². The molecule has 1 saturated carbocycles. The van der Waals surface area contributed by atoms with Crippen molar-refractivity contribution in [1.82, 2.24) is 9.97 Å². The molecule has 4 heteroatoms. The minimum absolute atomic E-state index is 0.295. The van der Waals surface area contributed by atoms with Crippen LogP contribution < -0.4 is 5.32 Å². The zero-order valence-electron chi connectivity index (χ0n) is 11.5. The van der Waals surface area contributed by atoms with Crippen LogP contribution in [-0.2, 0) is 12.8 Å². The number of fused-ring (bicyclic) bond motifs is 1. The van der Waals surface area contributed by atoms with Crippen LogP contribution in [0.4, 0.5) is 5.82 Å². The van der Waals surface area contributed by atoms with Gasteiger partial charge in [-0.25, -0.2) is 9.97 Å². The Hall–Kier alpha value is -1.16. The van der Waals surface area contributed by atoms with E-state index in [1.165, 1.54) is 43.4 Å². The molecule has 1 aromatic rings. The molecule has 0 atom stereocenters. The summed E-state index contributed by atoms with van der Waals surface area (Å²) in [5.74, 6) is 1.04. The molecule has 0 aliphatic heterocycles. The van der Waals surface area contributed by atoms with Gasteiger partial charge in [-0.2, -0.15) is 0 Å². The molecule has 4 nitrogen and oxygen atoms in total. The Morgan fingerprint density at radius 3 is 2.79 bits per heavy atom. The molecule has 104 valence electrons. The first-order valence-electron chi connectivity index (χ1n) is 7.50. The molecule has 0 amide bonds. The van der Waals surface area contributed by atoms with Crippen LogP contribution in [0, 0.1) is 5.41 Å². The molecule has 0 radical (unpaired) electrons. The third kappa shape index (κ3) is 2.89. The number of nitrogens with zero attached hydrogens (tertiary/aromatic N) is 2. The van der Waals surface area contributed by atoms with Gasteiger partial charge in [-0.1, -0.05) is 6.42 Å². The molecule has 19 heavy (non-hydrogen) atoms. The van der Waals surface area contributed by atoms with Crippen molar-refractivity contribution >= 4 is 5.82 Å². The molecule has 0 aromatic carbocycles. The quantitative estimate of drug-likeness (QED) is 0.799.